The monoisotopic (exact) mass is 335 g/mol. The van der Waals surface area contributed by atoms with E-state index in [9.17, 15) is 0 Å². The lowest BCUT2D eigenvalue weighted by molar-refractivity contribution is 0.700. The predicted octanol–water partition coefficient (Wildman–Crippen LogP) is 3.30. The largest absolute Gasteiger partial charge is 0.383 e. The average Bonchev–Trinajstić information content (AvgIpc) is 3.12. The molecule has 0 bridgehead atoms. The SMILES string of the molecule is Nc1nc(CSc2nncs2)nc2sc3c(c12)CCCC3. The number of nitrogen functional groups attached to an aromatic ring is 1. The smallest absolute Gasteiger partial charge is 0.174 e. The van der Waals surface area contributed by atoms with E-state index in [2.05, 4.69) is 15.2 Å². The first-order valence-electron chi connectivity index (χ1n) is 6.77. The zero-order valence-electron chi connectivity index (χ0n) is 11.2. The van der Waals surface area contributed by atoms with Gasteiger partial charge < -0.3 is 5.73 Å². The number of hydrogen-bond donors (Lipinski definition) is 1. The third-order valence-electron chi connectivity index (χ3n) is 3.55. The van der Waals surface area contributed by atoms with Crippen LogP contribution in [-0.2, 0) is 18.6 Å². The summed E-state index contributed by atoms with van der Waals surface area (Å²) in [5.74, 6) is 2.09. The van der Waals surface area contributed by atoms with Crippen molar-refractivity contribution < 1.29 is 0 Å². The van der Waals surface area contributed by atoms with Gasteiger partial charge in [0.05, 0.1) is 11.1 Å². The summed E-state index contributed by atoms with van der Waals surface area (Å²) in [4.78, 5) is 11.7. The second-order valence-corrected chi connectivity index (χ2v) is 8.05. The van der Waals surface area contributed by atoms with E-state index in [0.717, 1.165) is 33.2 Å². The molecule has 3 aromatic heterocycles. The number of nitrogens with two attached hydrogens (primary N) is 1. The first-order valence-corrected chi connectivity index (χ1v) is 9.45. The molecule has 8 heteroatoms. The lowest BCUT2D eigenvalue weighted by atomic mass is 9.97. The molecule has 0 radical (unpaired) electrons. The van der Waals surface area contributed by atoms with Crippen molar-refractivity contribution in [3.63, 3.8) is 0 Å². The minimum Gasteiger partial charge on any atom is -0.383 e. The van der Waals surface area contributed by atoms with Crippen LogP contribution >= 0.6 is 34.4 Å². The zero-order valence-corrected chi connectivity index (χ0v) is 13.7. The van der Waals surface area contributed by atoms with Crippen molar-refractivity contribution in [3.8, 4) is 0 Å². The molecule has 0 saturated carbocycles. The number of thiophene rings is 1. The Kier molecular flexibility index (Phi) is 3.52. The van der Waals surface area contributed by atoms with Crippen molar-refractivity contribution in [2.75, 3.05) is 5.73 Å². The number of fused-ring (bicyclic) bond motifs is 3. The molecular weight excluding hydrogens is 322 g/mol. The van der Waals surface area contributed by atoms with Crippen LogP contribution in [0.25, 0.3) is 10.2 Å². The molecular formula is C13H13N5S3. The molecule has 5 nitrogen and oxygen atoms in total. The van der Waals surface area contributed by atoms with Crippen LogP contribution in [0.5, 0.6) is 0 Å². The van der Waals surface area contributed by atoms with E-state index in [0.29, 0.717) is 11.6 Å². The summed E-state index contributed by atoms with van der Waals surface area (Å²) in [6.45, 7) is 0. The molecule has 0 amide bonds. The molecule has 3 aromatic rings. The Bertz CT molecular complexity index is 781. The molecule has 0 saturated heterocycles. The van der Waals surface area contributed by atoms with E-state index in [4.69, 9.17) is 10.7 Å². The van der Waals surface area contributed by atoms with Crippen LogP contribution in [0.3, 0.4) is 0 Å². The van der Waals surface area contributed by atoms with E-state index in [-0.39, 0.29) is 0 Å². The van der Waals surface area contributed by atoms with E-state index >= 15 is 0 Å². The van der Waals surface area contributed by atoms with Crippen molar-refractivity contribution in [1.82, 2.24) is 20.2 Å². The molecule has 0 atom stereocenters. The molecule has 2 N–H and O–H groups in total. The molecule has 0 spiro atoms. The molecule has 21 heavy (non-hydrogen) atoms. The summed E-state index contributed by atoms with van der Waals surface area (Å²) in [6.07, 6.45) is 4.78. The first-order chi connectivity index (χ1) is 10.3. The van der Waals surface area contributed by atoms with E-state index in [1.807, 2.05) is 0 Å². The van der Waals surface area contributed by atoms with Crippen LogP contribution in [0.2, 0.25) is 0 Å². The summed E-state index contributed by atoms with van der Waals surface area (Å²) < 4.78 is 0.933. The number of aromatic nitrogens is 4. The fourth-order valence-electron chi connectivity index (χ4n) is 2.65. The highest BCUT2D eigenvalue weighted by Gasteiger charge is 2.20. The summed E-state index contributed by atoms with van der Waals surface area (Å²) in [6, 6.07) is 0. The van der Waals surface area contributed by atoms with Crippen LogP contribution in [0.4, 0.5) is 5.82 Å². The molecule has 0 aromatic carbocycles. The molecule has 3 heterocycles. The maximum Gasteiger partial charge on any atom is 0.174 e. The summed E-state index contributed by atoms with van der Waals surface area (Å²) in [5.41, 5.74) is 9.32. The second-order valence-electron chi connectivity index (χ2n) is 4.91. The van der Waals surface area contributed by atoms with Crippen molar-refractivity contribution in [2.45, 2.75) is 35.8 Å². The minimum atomic E-state index is 0.632. The zero-order chi connectivity index (χ0) is 14.2. The third-order valence-corrected chi connectivity index (χ3v) is 6.60. The molecule has 4 rings (SSSR count). The van der Waals surface area contributed by atoms with Gasteiger partial charge in [0.25, 0.3) is 0 Å². The number of hydrogen-bond acceptors (Lipinski definition) is 8. The van der Waals surface area contributed by atoms with Gasteiger partial charge in [-0.05, 0) is 31.2 Å². The van der Waals surface area contributed by atoms with Gasteiger partial charge in [-0.1, -0.05) is 23.1 Å². The van der Waals surface area contributed by atoms with Crippen LogP contribution < -0.4 is 5.73 Å². The third kappa shape index (κ3) is 2.51. The molecule has 0 aliphatic heterocycles. The van der Waals surface area contributed by atoms with Crippen LogP contribution in [0.1, 0.15) is 29.1 Å². The van der Waals surface area contributed by atoms with Gasteiger partial charge >= 0.3 is 0 Å². The van der Waals surface area contributed by atoms with Gasteiger partial charge in [-0.3, -0.25) is 0 Å². The highest BCUT2D eigenvalue weighted by atomic mass is 32.2. The highest BCUT2D eigenvalue weighted by Crippen LogP contribution is 2.38. The lowest BCUT2D eigenvalue weighted by Crippen LogP contribution is -2.02. The molecule has 108 valence electrons. The Balaban J connectivity index is 1.68. The number of thioether (sulfide) groups is 1. The van der Waals surface area contributed by atoms with E-state index < -0.39 is 0 Å². The maximum atomic E-state index is 6.20. The lowest BCUT2D eigenvalue weighted by Gasteiger charge is -2.10. The average molecular weight is 335 g/mol. The number of rotatable bonds is 3. The van der Waals surface area contributed by atoms with Crippen molar-refractivity contribution in [2.24, 2.45) is 0 Å². The van der Waals surface area contributed by atoms with Crippen molar-refractivity contribution in [3.05, 3.63) is 21.8 Å². The Hall–Kier alpha value is -1.25. The second kappa shape index (κ2) is 5.51. The topological polar surface area (TPSA) is 77.6 Å². The maximum absolute atomic E-state index is 6.20. The van der Waals surface area contributed by atoms with Gasteiger partial charge in [-0.2, -0.15) is 0 Å². The highest BCUT2D eigenvalue weighted by molar-refractivity contribution is 8.00. The van der Waals surface area contributed by atoms with Crippen molar-refractivity contribution >= 4 is 50.5 Å². The Morgan fingerprint density at radius 3 is 3.00 bits per heavy atom. The van der Waals surface area contributed by atoms with Gasteiger partial charge in [-0.15, -0.1) is 21.5 Å². The van der Waals surface area contributed by atoms with Gasteiger partial charge in [-0.25, -0.2) is 9.97 Å². The Labute approximate surface area is 134 Å². The van der Waals surface area contributed by atoms with Gasteiger partial charge in [0, 0.05) is 4.88 Å². The predicted molar refractivity (Wildman–Crippen MR) is 87.9 cm³/mol. The number of aryl methyl sites for hydroxylation is 2. The Morgan fingerprint density at radius 2 is 2.14 bits per heavy atom. The van der Waals surface area contributed by atoms with Crippen LogP contribution in [0.15, 0.2) is 9.85 Å². The fourth-order valence-corrected chi connectivity index (χ4v) is 5.28. The molecule has 1 aliphatic rings. The summed E-state index contributed by atoms with van der Waals surface area (Å²) in [7, 11) is 0. The van der Waals surface area contributed by atoms with Gasteiger partial charge in [0.2, 0.25) is 0 Å². The molecule has 0 fully saturated rings. The standard InChI is InChI=1S/C13H13N5S3/c14-11-10-7-3-1-2-4-8(7)21-12(10)17-9(16-11)5-19-13-18-15-6-20-13/h6H,1-5H2,(H2,14,16,17). The quantitative estimate of drug-likeness (QED) is 0.740. The van der Waals surface area contributed by atoms with Gasteiger partial charge in [0.1, 0.15) is 22.0 Å². The normalized spacial score (nSPS) is 14.5. The number of nitrogens with zero attached hydrogens (tertiary/aromatic N) is 4. The first kappa shape index (κ1) is 13.4. The van der Waals surface area contributed by atoms with Crippen molar-refractivity contribution in [1.29, 1.82) is 0 Å². The molecule has 1 aliphatic carbocycles. The fraction of sp³-hybridized carbons (Fsp3) is 0.385. The van der Waals surface area contributed by atoms with E-state index in [1.165, 1.54) is 34.6 Å². The van der Waals surface area contributed by atoms with Crippen LogP contribution in [-0.4, -0.2) is 20.2 Å². The van der Waals surface area contributed by atoms with Crippen LogP contribution in [0, 0.1) is 0 Å². The minimum absolute atomic E-state index is 0.632. The Morgan fingerprint density at radius 1 is 1.24 bits per heavy atom. The summed E-state index contributed by atoms with van der Waals surface area (Å²) in [5, 5.41) is 8.94. The summed E-state index contributed by atoms with van der Waals surface area (Å²) >= 11 is 4.92. The number of anilines is 1. The molecule has 0 unspecified atom stereocenters. The van der Waals surface area contributed by atoms with E-state index in [1.54, 1.807) is 28.6 Å². The van der Waals surface area contributed by atoms with Gasteiger partial charge in [0.15, 0.2) is 4.34 Å².